The Morgan fingerprint density at radius 1 is 1.09 bits per heavy atom. The van der Waals surface area contributed by atoms with Gasteiger partial charge in [-0.3, -0.25) is 0 Å². The van der Waals surface area contributed by atoms with Gasteiger partial charge in [0.05, 0.1) is 0 Å². The van der Waals surface area contributed by atoms with E-state index in [9.17, 15) is 10.1 Å². The number of esters is 1. The van der Waals surface area contributed by atoms with E-state index in [1.165, 1.54) is 40.0 Å². The third kappa shape index (κ3) is 7.72. The van der Waals surface area contributed by atoms with Crippen LogP contribution in [0.4, 0.5) is 5.69 Å². The fourth-order valence-corrected chi connectivity index (χ4v) is 4.95. The van der Waals surface area contributed by atoms with Gasteiger partial charge in [-0.05, 0) is 89.8 Å². The van der Waals surface area contributed by atoms with Crippen molar-refractivity contribution in [3.05, 3.63) is 75.9 Å². The van der Waals surface area contributed by atoms with E-state index in [2.05, 4.69) is 69.0 Å². The Morgan fingerprint density at radius 3 is 2.57 bits per heavy atom. The molecule has 0 bridgehead atoms. The van der Waals surface area contributed by atoms with Crippen LogP contribution in [0.1, 0.15) is 83.3 Å². The number of anilines is 1. The molecule has 1 atom stereocenters. The summed E-state index contributed by atoms with van der Waals surface area (Å²) in [5.74, 6) is -0.454. The molecule has 1 unspecified atom stereocenters. The molecular formula is C31H40N2O2. The zero-order chi connectivity index (χ0) is 25.2. The first-order chi connectivity index (χ1) is 16.9. The van der Waals surface area contributed by atoms with Gasteiger partial charge in [0.1, 0.15) is 18.2 Å². The molecule has 3 rings (SSSR count). The van der Waals surface area contributed by atoms with Crippen molar-refractivity contribution >= 4 is 11.7 Å². The van der Waals surface area contributed by atoms with Gasteiger partial charge in [0.2, 0.25) is 0 Å². The first kappa shape index (κ1) is 26.5. The highest BCUT2D eigenvalue weighted by molar-refractivity contribution is 5.93. The van der Waals surface area contributed by atoms with Crippen LogP contribution in [0.25, 0.3) is 0 Å². The molecule has 1 aromatic carbocycles. The van der Waals surface area contributed by atoms with E-state index in [-0.39, 0.29) is 18.1 Å². The van der Waals surface area contributed by atoms with E-state index in [0.29, 0.717) is 0 Å². The van der Waals surface area contributed by atoms with Gasteiger partial charge < -0.3 is 9.64 Å². The zero-order valence-corrected chi connectivity index (χ0v) is 21.9. The van der Waals surface area contributed by atoms with Crippen LogP contribution < -0.4 is 4.90 Å². The number of benzene rings is 1. The Balaban J connectivity index is 1.52. The molecule has 186 valence electrons. The van der Waals surface area contributed by atoms with Crippen LogP contribution in [0.2, 0.25) is 0 Å². The lowest BCUT2D eigenvalue weighted by Crippen LogP contribution is -2.35. The summed E-state index contributed by atoms with van der Waals surface area (Å²) in [6, 6.07) is 8.52. The van der Waals surface area contributed by atoms with Crippen molar-refractivity contribution in [1.82, 2.24) is 0 Å². The second-order valence-electron chi connectivity index (χ2n) is 10.1. The number of nitrogens with zero attached hydrogens (tertiary/aromatic N) is 2. The van der Waals surface area contributed by atoms with E-state index in [1.807, 2.05) is 12.2 Å². The van der Waals surface area contributed by atoms with Crippen molar-refractivity contribution in [1.29, 1.82) is 5.26 Å². The van der Waals surface area contributed by atoms with Crippen molar-refractivity contribution in [2.75, 3.05) is 24.6 Å². The maximum absolute atomic E-state index is 12.6. The average Bonchev–Trinajstić information content (AvgIpc) is 2.83. The van der Waals surface area contributed by atoms with Crippen molar-refractivity contribution in [2.45, 2.75) is 78.6 Å². The lowest BCUT2D eigenvalue weighted by Gasteiger charge is -2.39. The molecule has 0 amide bonds. The second kappa shape index (κ2) is 13.1. The Morgan fingerprint density at radius 2 is 1.83 bits per heavy atom. The van der Waals surface area contributed by atoms with Gasteiger partial charge in [-0.2, -0.15) is 5.26 Å². The number of allylic oxidation sites excluding steroid dienone is 6. The second-order valence-corrected chi connectivity index (χ2v) is 10.1. The lowest BCUT2D eigenvalue weighted by atomic mass is 9.84. The predicted octanol–water partition coefficient (Wildman–Crippen LogP) is 7.34. The van der Waals surface area contributed by atoms with E-state index in [4.69, 9.17) is 4.74 Å². The summed E-state index contributed by atoms with van der Waals surface area (Å²) in [4.78, 5) is 15.1. The molecule has 2 aliphatic rings. The molecule has 0 N–H and O–H groups in total. The summed E-state index contributed by atoms with van der Waals surface area (Å²) >= 11 is 0. The van der Waals surface area contributed by atoms with Gasteiger partial charge in [0.15, 0.2) is 0 Å². The van der Waals surface area contributed by atoms with Crippen LogP contribution in [-0.2, 0) is 16.0 Å². The Kier molecular flexibility index (Phi) is 9.97. The summed E-state index contributed by atoms with van der Waals surface area (Å²) in [6.07, 6.45) is 15.7. The molecule has 0 spiro atoms. The van der Waals surface area contributed by atoms with Gasteiger partial charge in [-0.25, -0.2) is 4.79 Å². The molecule has 0 aromatic heterocycles. The number of ether oxygens (including phenoxy) is 1. The first-order valence-corrected chi connectivity index (χ1v) is 13.0. The highest BCUT2D eigenvalue weighted by Gasteiger charge is 2.29. The quantitative estimate of drug-likeness (QED) is 0.155. The smallest absolute Gasteiger partial charge is 0.348 e. The van der Waals surface area contributed by atoms with Crippen LogP contribution in [0.15, 0.2) is 64.8 Å². The SMILES string of the molecule is CC(C)=CCCC(C)=CCCC(C)=CCOC(=O)C(C#N)=CC1CCN2CCCc3cccc1c32. The molecule has 4 heteroatoms. The van der Waals surface area contributed by atoms with Crippen molar-refractivity contribution < 1.29 is 9.53 Å². The van der Waals surface area contributed by atoms with Gasteiger partial charge in [0, 0.05) is 24.7 Å². The Hall–Kier alpha value is -3.06. The summed E-state index contributed by atoms with van der Waals surface area (Å²) in [5, 5.41) is 9.65. The summed E-state index contributed by atoms with van der Waals surface area (Å²) in [6.45, 7) is 10.8. The standard InChI is InChI=1S/C31H40N2O2/c1-23(2)9-5-10-24(3)11-6-12-25(4)17-20-35-31(34)28(22-32)21-27-16-19-33-18-8-14-26-13-7-15-29(27)30(26)33/h7,9,11,13,15,17,21,27H,5-6,8,10,12,14,16,18-20H2,1-4H3. The number of hydrogen-bond acceptors (Lipinski definition) is 4. The highest BCUT2D eigenvalue weighted by atomic mass is 16.5. The average molecular weight is 473 g/mol. The van der Waals surface area contributed by atoms with Gasteiger partial charge in [-0.15, -0.1) is 0 Å². The summed E-state index contributed by atoms with van der Waals surface area (Å²) in [5.41, 5.74) is 8.01. The Labute approximate surface area is 211 Å². The lowest BCUT2D eigenvalue weighted by molar-refractivity contribution is -0.137. The predicted molar refractivity (Wildman–Crippen MR) is 144 cm³/mol. The molecule has 0 fully saturated rings. The van der Waals surface area contributed by atoms with Crippen molar-refractivity contribution in [2.24, 2.45) is 0 Å². The van der Waals surface area contributed by atoms with Crippen LogP contribution in [0, 0.1) is 11.3 Å². The molecule has 2 heterocycles. The first-order valence-electron chi connectivity index (χ1n) is 13.0. The molecule has 35 heavy (non-hydrogen) atoms. The highest BCUT2D eigenvalue weighted by Crippen LogP contribution is 2.41. The number of carbonyl (C=O) groups is 1. The minimum atomic E-state index is -0.529. The van der Waals surface area contributed by atoms with E-state index >= 15 is 0 Å². The van der Waals surface area contributed by atoms with Crippen LogP contribution >= 0.6 is 0 Å². The topological polar surface area (TPSA) is 53.3 Å². The van der Waals surface area contributed by atoms with Crippen LogP contribution in [0.3, 0.4) is 0 Å². The molecule has 1 aromatic rings. The fraction of sp³-hybridized carbons (Fsp3) is 0.484. The van der Waals surface area contributed by atoms with Gasteiger partial charge in [0.25, 0.3) is 0 Å². The monoisotopic (exact) mass is 472 g/mol. The third-order valence-electron chi connectivity index (χ3n) is 6.93. The molecule has 4 nitrogen and oxygen atoms in total. The normalized spacial score (nSPS) is 18.0. The molecular weight excluding hydrogens is 432 g/mol. The van der Waals surface area contributed by atoms with E-state index < -0.39 is 5.97 Å². The molecule has 0 saturated carbocycles. The molecule has 0 saturated heterocycles. The van der Waals surface area contributed by atoms with Crippen LogP contribution in [0.5, 0.6) is 0 Å². The summed E-state index contributed by atoms with van der Waals surface area (Å²) in [7, 11) is 0. The van der Waals surface area contributed by atoms with Gasteiger partial charge in [-0.1, -0.05) is 53.1 Å². The number of nitriles is 1. The molecule has 2 aliphatic heterocycles. The van der Waals surface area contributed by atoms with Gasteiger partial charge >= 0.3 is 5.97 Å². The number of carbonyl (C=O) groups excluding carboxylic acids is 1. The summed E-state index contributed by atoms with van der Waals surface area (Å²) < 4.78 is 5.44. The maximum Gasteiger partial charge on any atom is 0.348 e. The molecule has 0 aliphatic carbocycles. The van der Waals surface area contributed by atoms with E-state index in [1.54, 1.807) is 0 Å². The third-order valence-corrected chi connectivity index (χ3v) is 6.93. The molecule has 0 radical (unpaired) electrons. The van der Waals surface area contributed by atoms with Crippen molar-refractivity contribution in [3.63, 3.8) is 0 Å². The Bertz CT molecular complexity index is 1060. The largest absolute Gasteiger partial charge is 0.457 e. The maximum atomic E-state index is 12.6. The number of hydrogen-bond donors (Lipinski definition) is 0. The number of rotatable bonds is 10. The van der Waals surface area contributed by atoms with Crippen molar-refractivity contribution in [3.8, 4) is 6.07 Å². The number of para-hydroxylation sites is 1. The fourth-order valence-electron chi connectivity index (χ4n) is 4.95. The van der Waals surface area contributed by atoms with E-state index in [0.717, 1.165) is 51.6 Å². The minimum Gasteiger partial charge on any atom is -0.457 e. The minimum absolute atomic E-state index is 0.0746. The van der Waals surface area contributed by atoms with Crippen LogP contribution in [-0.4, -0.2) is 25.7 Å². The zero-order valence-electron chi connectivity index (χ0n) is 21.9. The number of aryl methyl sites for hydroxylation is 1.